The molecule has 0 fully saturated rings. The molecule has 3 aliphatic rings. The fourth-order valence-corrected chi connectivity index (χ4v) is 4.34. The summed E-state index contributed by atoms with van der Waals surface area (Å²) in [7, 11) is 0. The van der Waals surface area contributed by atoms with Crippen molar-refractivity contribution in [2.75, 3.05) is 6.54 Å². The highest BCUT2D eigenvalue weighted by atomic mass is 16.3. The molecule has 0 spiro atoms. The summed E-state index contributed by atoms with van der Waals surface area (Å²) in [6.45, 7) is 1.96. The lowest BCUT2D eigenvalue weighted by molar-refractivity contribution is -0.119. The zero-order chi connectivity index (χ0) is 15.3. The first kappa shape index (κ1) is 13.5. The van der Waals surface area contributed by atoms with E-state index in [0.29, 0.717) is 13.0 Å². The van der Waals surface area contributed by atoms with Gasteiger partial charge >= 0.3 is 0 Å². The number of carbonyl (C=O) groups excluding carboxylic acids is 1. The van der Waals surface area contributed by atoms with Crippen molar-refractivity contribution in [1.29, 1.82) is 0 Å². The Bertz CT molecular complexity index is 705. The quantitative estimate of drug-likeness (QED) is 0.893. The van der Waals surface area contributed by atoms with Gasteiger partial charge in [0.15, 0.2) is 0 Å². The van der Waals surface area contributed by atoms with Crippen LogP contribution in [0.25, 0.3) is 0 Å². The van der Waals surface area contributed by atoms with Gasteiger partial charge in [0.1, 0.15) is 0 Å². The molecule has 0 saturated carbocycles. The smallest absolute Gasteiger partial charge is 0.216 e. The average molecular weight is 293 g/mol. The van der Waals surface area contributed by atoms with Gasteiger partial charge in [-0.3, -0.25) is 4.79 Å². The van der Waals surface area contributed by atoms with Crippen molar-refractivity contribution in [2.45, 2.75) is 30.8 Å². The molecule has 0 aromatic heterocycles. The van der Waals surface area contributed by atoms with Gasteiger partial charge in [-0.15, -0.1) is 0 Å². The van der Waals surface area contributed by atoms with Crippen molar-refractivity contribution >= 4 is 5.91 Å². The topological polar surface area (TPSA) is 49.3 Å². The largest absolute Gasteiger partial charge is 0.392 e. The minimum absolute atomic E-state index is 0.0655. The van der Waals surface area contributed by atoms with E-state index in [0.717, 1.165) is 11.1 Å². The van der Waals surface area contributed by atoms with E-state index in [2.05, 4.69) is 41.7 Å². The Kier molecular flexibility index (Phi) is 2.88. The van der Waals surface area contributed by atoms with Crippen molar-refractivity contribution in [1.82, 2.24) is 5.32 Å². The Balaban J connectivity index is 1.98. The van der Waals surface area contributed by atoms with Gasteiger partial charge < -0.3 is 10.4 Å². The van der Waals surface area contributed by atoms with Gasteiger partial charge in [-0.25, -0.2) is 0 Å². The number of nitrogens with one attached hydrogen (secondary N) is 1. The molecule has 112 valence electrons. The summed E-state index contributed by atoms with van der Waals surface area (Å²) in [6.07, 6.45) is 0.238. The first-order valence-electron chi connectivity index (χ1n) is 7.76. The van der Waals surface area contributed by atoms with Crippen LogP contribution in [-0.4, -0.2) is 23.7 Å². The van der Waals surface area contributed by atoms with Crippen molar-refractivity contribution < 1.29 is 9.90 Å². The van der Waals surface area contributed by atoms with Gasteiger partial charge in [0.05, 0.1) is 11.5 Å². The third-order valence-electron chi connectivity index (χ3n) is 5.28. The number of aliphatic hydroxyl groups excluding tert-OH is 1. The van der Waals surface area contributed by atoms with Crippen LogP contribution in [0.1, 0.15) is 41.5 Å². The molecule has 1 atom stereocenters. The van der Waals surface area contributed by atoms with Gasteiger partial charge in [0.2, 0.25) is 5.91 Å². The summed E-state index contributed by atoms with van der Waals surface area (Å²) >= 11 is 0. The fourth-order valence-electron chi connectivity index (χ4n) is 4.34. The first-order valence-corrected chi connectivity index (χ1v) is 7.76. The molecule has 2 N–H and O–H groups in total. The molecule has 5 rings (SSSR count). The summed E-state index contributed by atoms with van der Waals surface area (Å²) in [5, 5.41) is 13.8. The normalized spacial score (nSPS) is 27.9. The Morgan fingerprint density at radius 1 is 1.14 bits per heavy atom. The average Bonchev–Trinajstić information content (AvgIpc) is 2.54. The van der Waals surface area contributed by atoms with Crippen LogP contribution < -0.4 is 5.32 Å². The molecular weight excluding hydrogens is 274 g/mol. The van der Waals surface area contributed by atoms with Crippen molar-refractivity contribution in [2.24, 2.45) is 0 Å². The van der Waals surface area contributed by atoms with Crippen LogP contribution in [0.3, 0.4) is 0 Å². The number of hydrogen-bond acceptors (Lipinski definition) is 2. The number of carbonyl (C=O) groups is 1. The summed E-state index contributed by atoms with van der Waals surface area (Å²) < 4.78 is 0. The van der Waals surface area contributed by atoms with Crippen LogP contribution in [0, 0.1) is 0 Å². The lowest BCUT2D eigenvalue weighted by Crippen LogP contribution is -2.56. The molecule has 1 amide bonds. The molecule has 3 heteroatoms. The Morgan fingerprint density at radius 3 is 2.23 bits per heavy atom. The maximum Gasteiger partial charge on any atom is 0.216 e. The van der Waals surface area contributed by atoms with Gasteiger partial charge in [-0.2, -0.15) is 0 Å². The molecular formula is C19H19NO2. The van der Waals surface area contributed by atoms with Gasteiger partial charge in [-0.1, -0.05) is 48.5 Å². The Labute approximate surface area is 130 Å². The molecule has 0 heterocycles. The van der Waals surface area contributed by atoms with Crippen LogP contribution >= 0.6 is 0 Å². The van der Waals surface area contributed by atoms with E-state index in [1.165, 1.54) is 18.1 Å². The summed E-state index contributed by atoms with van der Waals surface area (Å²) in [5.41, 5.74) is 4.36. The number of fused-ring (bicyclic) bond motifs is 1. The maximum absolute atomic E-state index is 11.5. The standard InChI is InChI=1S/C19H19NO2/c1-12(21)20-11-19-16-8-4-2-6-13(16)15(10-18(19)22)14-7-3-5-9-17(14)19/h2-9,15,18,22H,10-11H2,1H3,(H,20,21). The SMILES string of the molecule is CC(=O)NCC12c3ccccc3C(CC1O)c1ccccc12. The minimum Gasteiger partial charge on any atom is -0.392 e. The van der Waals surface area contributed by atoms with E-state index in [1.807, 2.05) is 12.1 Å². The molecule has 1 unspecified atom stereocenters. The molecule has 2 aromatic carbocycles. The second kappa shape index (κ2) is 4.68. The number of benzene rings is 2. The van der Waals surface area contributed by atoms with Crippen molar-refractivity contribution in [3.63, 3.8) is 0 Å². The zero-order valence-electron chi connectivity index (χ0n) is 12.5. The lowest BCUT2D eigenvalue weighted by Gasteiger charge is -2.52. The highest BCUT2D eigenvalue weighted by Crippen LogP contribution is 2.55. The first-order chi connectivity index (χ1) is 10.6. The van der Waals surface area contributed by atoms with E-state index in [-0.39, 0.29) is 11.8 Å². The third kappa shape index (κ3) is 1.63. The van der Waals surface area contributed by atoms with E-state index < -0.39 is 11.5 Å². The molecule has 2 bridgehead atoms. The van der Waals surface area contributed by atoms with E-state index in [4.69, 9.17) is 0 Å². The Morgan fingerprint density at radius 2 is 1.68 bits per heavy atom. The van der Waals surface area contributed by atoms with Crippen LogP contribution in [0.2, 0.25) is 0 Å². The highest BCUT2D eigenvalue weighted by molar-refractivity contribution is 5.73. The molecule has 2 aromatic rings. The molecule has 3 nitrogen and oxygen atoms in total. The number of aliphatic hydroxyl groups is 1. The van der Waals surface area contributed by atoms with Crippen LogP contribution in [0.5, 0.6) is 0 Å². The minimum atomic E-state index is -0.534. The van der Waals surface area contributed by atoms with Gasteiger partial charge in [-0.05, 0) is 28.7 Å². The molecule has 0 radical (unpaired) electrons. The summed E-state index contributed by atoms with van der Waals surface area (Å²) in [4.78, 5) is 11.5. The zero-order valence-corrected chi connectivity index (χ0v) is 12.5. The second-order valence-electron chi connectivity index (χ2n) is 6.36. The lowest BCUT2D eigenvalue weighted by atomic mass is 9.54. The molecule has 3 aliphatic carbocycles. The molecule has 0 saturated heterocycles. The number of amides is 1. The van der Waals surface area contributed by atoms with E-state index in [1.54, 1.807) is 0 Å². The summed E-state index contributed by atoms with van der Waals surface area (Å²) in [6, 6.07) is 16.7. The predicted molar refractivity (Wildman–Crippen MR) is 84.8 cm³/mol. The van der Waals surface area contributed by atoms with Crippen molar-refractivity contribution in [3.8, 4) is 0 Å². The fraction of sp³-hybridized carbons (Fsp3) is 0.316. The Hall–Kier alpha value is -2.13. The highest BCUT2D eigenvalue weighted by Gasteiger charge is 2.53. The van der Waals surface area contributed by atoms with E-state index in [9.17, 15) is 9.90 Å². The van der Waals surface area contributed by atoms with Gasteiger partial charge in [0.25, 0.3) is 0 Å². The molecule has 0 aliphatic heterocycles. The maximum atomic E-state index is 11.5. The van der Waals surface area contributed by atoms with Gasteiger partial charge in [0, 0.05) is 19.4 Å². The number of hydrogen-bond donors (Lipinski definition) is 2. The third-order valence-corrected chi connectivity index (χ3v) is 5.28. The van der Waals surface area contributed by atoms with Crippen LogP contribution in [0.15, 0.2) is 48.5 Å². The number of rotatable bonds is 2. The molecule has 22 heavy (non-hydrogen) atoms. The van der Waals surface area contributed by atoms with Crippen molar-refractivity contribution in [3.05, 3.63) is 70.8 Å². The summed E-state index contributed by atoms with van der Waals surface area (Å²) in [5.74, 6) is 0.186. The monoisotopic (exact) mass is 293 g/mol. The second-order valence-corrected chi connectivity index (χ2v) is 6.36. The van der Waals surface area contributed by atoms with Crippen LogP contribution in [-0.2, 0) is 10.2 Å². The predicted octanol–water partition coefficient (Wildman–Crippen LogP) is 2.32. The van der Waals surface area contributed by atoms with E-state index >= 15 is 0 Å². The van der Waals surface area contributed by atoms with Crippen LogP contribution in [0.4, 0.5) is 0 Å².